The minimum absolute atomic E-state index is 0.0660. The molecule has 0 aliphatic heterocycles. The van der Waals surface area contributed by atoms with Crippen LogP contribution in [-0.4, -0.2) is 50.2 Å². The molecule has 0 bridgehead atoms. The van der Waals surface area contributed by atoms with Crippen LogP contribution in [0.4, 0.5) is 10.5 Å². The summed E-state index contributed by atoms with van der Waals surface area (Å²) in [6.45, 7) is 14.5. The van der Waals surface area contributed by atoms with Crippen molar-refractivity contribution in [2.24, 2.45) is 0 Å². The van der Waals surface area contributed by atoms with E-state index in [0.717, 1.165) is 5.56 Å². The van der Waals surface area contributed by atoms with Gasteiger partial charge in [-0.25, -0.2) is 4.79 Å². The molecule has 3 aromatic rings. The van der Waals surface area contributed by atoms with Gasteiger partial charge in [-0.15, -0.1) is 0 Å². The molecule has 9 heteroatoms. The van der Waals surface area contributed by atoms with Crippen molar-refractivity contribution in [3.63, 3.8) is 0 Å². The first-order valence-electron chi connectivity index (χ1n) is 14.8. The van der Waals surface area contributed by atoms with Gasteiger partial charge >= 0.3 is 6.09 Å². The van der Waals surface area contributed by atoms with E-state index < -0.39 is 41.1 Å². The zero-order chi connectivity index (χ0) is 32.8. The van der Waals surface area contributed by atoms with Gasteiger partial charge in [0.15, 0.2) is 0 Å². The number of phenolic OH excluding ortho intramolecular Hbond substituents is 2. The Bertz CT molecular complexity index is 1480. The second-order valence-electron chi connectivity index (χ2n) is 12.7. The van der Waals surface area contributed by atoms with Crippen molar-refractivity contribution < 1.29 is 29.3 Å². The number of carbonyl (C=O) groups excluding carboxylic acids is 3. The number of hydrogen-bond donors (Lipinski definition) is 4. The minimum atomic E-state index is -1.13. The fourth-order valence-corrected chi connectivity index (χ4v) is 4.81. The highest BCUT2D eigenvalue weighted by Crippen LogP contribution is 2.35. The first-order valence-corrected chi connectivity index (χ1v) is 14.8. The van der Waals surface area contributed by atoms with Crippen molar-refractivity contribution >= 4 is 23.6 Å². The lowest BCUT2D eigenvalue weighted by Crippen LogP contribution is -2.59. The van der Waals surface area contributed by atoms with Crippen LogP contribution in [0.5, 0.6) is 11.5 Å². The molecule has 3 amide bonds. The van der Waals surface area contributed by atoms with Crippen LogP contribution in [0.1, 0.15) is 76.3 Å². The maximum atomic E-state index is 14.8. The van der Waals surface area contributed by atoms with E-state index in [1.165, 1.54) is 23.1 Å². The van der Waals surface area contributed by atoms with E-state index in [0.29, 0.717) is 28.8 Å². The Labute approximate surface area is 260 Å². The number of hydrogen-bond acceptors (Lipinski definition) is 6. The SMILES string of the molecule is CCC(C)(C)N(C(=O)C(Cc1ccc(O)cc1)NC(=O)OC(C)(C)C)C(C(=O)Nc1ccccc1C)c1ccc(O)c(C)c1. The first kappa shape index (κ1) is 34.0. The molecule has 44 heavy (non-hydrogen) atoms. The van der Waals surface area contributed by atoms with E-state index in [2.05, 4.69) is 10.6 Å². The number of benzene rings is 3. The molecule has 3 aromatic carbocycles. The zero-order valence-electron chi connectivity index (χ0n) is 26.9. The summed E-state index contributed by atoms with van der Waals surface area (Å²) in [6, 6.07) is 16.3. The highest BCUT2D eigenvalue weighted by molar-refractivity contribution is 5.99. The third-order valence-corrected chi connectivity index (χ3v) is 7.57. The molecular formula is C35H45N3O6. The standard InChI is InChI=1S/C35H45N3O6/c1-9-35(7,8)38(32(42)28(37-33(43)44-34(4,5)6)21-24-14-17-26(39)18-15-24)30(25-16-19-29(40)23(3)20-25)31(41)36-27-13-11-10-12-22(27)2/h10-20,28,30,39-40H,9,21H2,1-8H3,(H,36,41)(H,37,43). The van der Waals surface area contributed by atoms with Gasteiger partial charge in [-0.2, -0.15) is 0 Å². The number of anilines is 1. The highest BCUT2D eigenvalue weighted by Gasteiger charge is 2.43. The number of para-hydroxylation sites is 1. The van der Waals surface area contributed by atoms with Crippen LogP contribution in [0.25, 0.3) is 0 Å². The fraction of sp³-hybridized carbons (Fsp3) is 0.400. The molecule has 3 rings (SSSR count). The average Bonchev–Trinajstić information content (AvgIpc) is 2.93. The fourth-order valence-electron chi connectivity index (χ4n) is 4.81. The van der Waals surface area contributed by atoms with Gasteiger partial charge < -0.3 is 30.5 Å². The summed E-state index contributed by atoms with van der Waals surface area (Å²) in [5.41, 5.74) is 1.52. The molecule has 0 aromatic heterocycles. The van der Waals surface area contributed by atoms with E-state index in [9.17, 15) is 24.6 Å². The number of aryl methyl sites for hydroxylation is 2. The Balaban J connectivity index is 2.18. The average molecular weight is 604 g/mol. The number of ether oxygens (including phenoxy) is 1. The summed E-state index contributed by atoms with van der Waals surface area (Å²) in [5.74, 6) is -0.802. The van der Waals surface area contributed by atoms with Crippen LogP contribution in [0, 0.1) is 13.8 Å². The lowest BCUT2D eigenvalue weighted by molar-refractivity contribution is -0.147. The third kappa shape index (κ3) is 8.75. The van der Waals surface area contributed by atoms with E-state index in [4.69, 9.17) is 4.74 Å². The zero-order valence-corrected chi connectivity index (χ0v) is 26.9. The van der Waals surface area contributed by atoms with Gasteiger partial charge in [0.25, 0.3) is 5.91 Å². The van der Waals surface area contributed by atoms with Crippen LogP contribution >= 0.6 is 0 Å². The molecule has 0 saturated carbocycles. The third-order valence-electron chi connectivity index (χ3n) is 7.57. The number of carbonyl (C=O) groups is 3. The first-order chi connectivity index (χ1) is 20.5. The van der Waals surface area contributed by atoms with E-state index in [-0.39, 0.29) is 17.9 Å². The van der Waals surface area contributed by atoms with Crippen LogP contribution in [-0.2, 0) is 20.7 Å². The Kier molecular flexibility index (Phi) is 10.7. The number of aromatic hydroxyl groups is 2. The van der Waals surface area contributed by atoms with Gasteiger partial charge in [-0.05, 0) is 107 Å². The number of nitrogens with zero attached hydrogens (tertiary/aromatic N) is 1. The van der Waals surface area contributed by atoms with Crippen LogP contribution in [0.2, 0.25) is 0 Å². The van der Waals surface area contributed by atoms with Gasteiger partial charge in [-0.1, -0.05) is 43.3 Å². The van der Waals surface area contributed by atoms with Gasteiger partial charge in [0.05, 0.1) is 0 Å². The molecule has 2 atom stereocenters. The summed E-state index contributed by atoms with van der Waals surface area (Å²) in [4.78, 5) is 43.6. The molecule has 0 fully saturated rings. The molecule has 0 aliphatic rings. The number of phenols is 2. The highest BCUT2D eigenvalue weighted by atomic mass is 16.6. The summed E-state index contributed by atoms with van der Waals surface area (Å²) < 4.78 is 5.51. The summed E-state index contributed by atoms with van der Waals surface area (Å²) >= 11 is 0. The lowest BCUT2D eigenvalue weighted by atomic mass is 9.90. The second kappa shape index (κ2) is 13.8. The Morgan fingerprint density at radius 2 is 1.52 bits per heavy atom. The van der Waals surface area contributed by atoms with E-state index in [1.807, 2.05) is 45.9 Å². The molecule has 0 aliphatic carbocycles. The quantitative estimate of drug-likeness (QED) is 0.208. The normalized spacial score (nSPS) is 13.0. The van der Waals surface area contributed by atoms with Crippen molar-refractivity contribution in [1.82, 2.24) is 10.2 Å². The van der Waals surface area contributed by atoms with Crippen LogP contribution in [0.3, 0.4) is 0 Å². The predicted octanol–water partition coefficient (Wildman–Crippen LogP) is 6.55. The second-order valence-corrected chi connectivity index (χ2v) is 12.7. The van der Waals surface area contributed by atoms with Crippen molar-refractivity contribution in [3.05, 3.63) is 89.0 Å². The summed E-state index contributed by atoms with van der Waals surface area (Å²) in [6.07, 6.45) is -0.206. The van der Waals surface area contributed by atoms with Gasteiger partial charge in [0, 0.05) is 17.6 Å². The lowest BCUT2D eigenvalue weighted by Gasteiger charge is -2.44. The van der Waals surface area contributed by atoms with Crippen LogP contribution < -0.4 is 10.6 Å². The largest absolute Gasteiger partial charge is 0.508 e. The Morgan fingerprint density at radius 1 is 0.886 bits per heavy atom. The monoisotopic (exact) mass is 603 g/mol. The van der Waals surface area contributed by atoms with Gasteiger partial charge in [-0.3, -0.25) is 9.59 Å². The van der Waals surface area contributed by atoms with Crippen molar-refractivity contribution in [2.45, 2.75) is 91.5 Å². The smallest absolute Gasteiger partial charge is 0.408 e. The molecule has 0 radical (unpaired) electrons. The maximum absolute atomic E-state index is 14.8. The number of amides is 3. The van der Waals surface area contributed by atoms with Crippen molar-refractivity contribution in [2.75, 3.05) is 5.32 Å². The van der Waals surface area contributed by atoms with Crippen LogP contribution in [0.15, 0.2) is 66.7 Å². The predicted molar refractivity (Wildman–Crippen MR) is 172 cm³/mol. The van der Waals surface area contributed by atoms with Crippen molar-refractivity contribution in [1.29, 1.82) is 0 Å². The number of rotatable bonds is 10. The van der Waals surface area contributed by atoms with E-state index in [1.54, 1.807) is 58.0 Å². The van der Waals surface area contributed by atoms with E-state index >= 15 is 0 Å². The van der Waals surface area contributed by atoms with Gasteiger partial charge in [0.2, 0.25) is 5.91 Å². The molecule has 0 heterocycles. The summed E-state index contributed by atoms with van der Waals surface area (Å²) in [7, 11) is 0. The molecule has 0 spiro atoms. The van der Waals surface area contributed by atoms with Crippen molar-refractivity contribution in [3.8, 4) is 11.5 Å². The molecule has 0 saturated heterocycles. The molecule has 2 unspecified atom stereocenters. The number of alkyl carbamates (subject to hydrolysis) is 1. The Morgan fingerprint density at radius 3 is 2.09 bits per heavy atom. The molecule has 4 N–H and O–H groups in total. The maximum Gasteiger partial charge on any atom is 0.408 e. The number of nitrogens with one attached hydrogen (secondary N) is 2. The summed E-state index contributed by atoms with van der Waals surface area (Å²) in [5, 5.41) is 25.9. The topological polar surface area (TPSA) is 128 Å². The minimum Gasteiger partial charge on any atom is -0.508 e. The molecule has 236 valence electrons. The molecular weight excluding hydrogens is 558 g/mol. The van der Waals surface area contributed by atoms with Gasteiger partial charge in [0.1, 0.15) is 29.2 Å². The Hall–Kier alpha value is -4.53. The molecule has 9 nitrogen and oxygen atoms in total.